The molecule has 0 aromatic carbocycles. The lowest BCUT2D eigenvalue weighted by Crippen LogP contribution is -2.36. The monoisotopic (exact) mass is 278 g/mol. The highest BCUT2D eigenvalue weighted by Gasteiger charge is 2.24. The van der Waals surface area contributed by atoms with Crippen LogP contribution in [-0.2, 0) is 4.74 Å². The van der Waals surface area contributed by atoms with Crippen LogP contribution in [0.4, 0.5) is 0 Å². The van der Waals surface area contributed by atoms with Crippen LogP contribution in [0.2, 0.25) is 0 Å². The minimum atomic E-state index is 0.0878. The van der Waals surface area contributed by atoms with E-state index in [2.05, 4.69) is 4.90 Å². The van der Waals surface area contributed by atoms with E-state index in [0.29, 0.717) is 11.5 Å². The molecule has 2 fully saturated rings. The van der Waals surface area contributed by atoms with Crippen molar-refractivity contribution in [1.82, 2.24) is 9.80 Å². The quantitative estimate of drug-likeness (QED) is 0.840. The molecule has 5 heteroatoms. The molecule has 20 heavy (non-hydrogen) atoms. The van der Waals surface area contributed by atoms with Gasteiger partial charge in [-0.05, 0) is 31.4 Å². The molecule has 5 nitrogen and oxygen atoms in total. The minimum absolute atomic E-state index is 0.0878. The maximum atomic E-state index is 12.3. The van der Waals surface area contributed by atoms with Gasteiger partial charge in [0.05, 0.1) is 18.4 Å². The predicted octanol–water partition coefficient (Wildman–Crippen LogP) is 1.46. The van der Waals surface area contributed by atoms with Crippen molar-refractivity contribution in [3.05, 3.63) is 24.2 Å². The second-order valence-electron chi connectivity index (χ2n) is 5.69. The summed E-state index contributed by atoms with van der Waals surface area (Å²) in [7, 11) is 0. The zero-order valence-corrected chi connectivity index (χ0v) is 11.8. The van der Waals surface area contributed by atoms with Crippen molar-refractivity contribution in [2.24, 2.45) is 5.92 Å². The van der Waals surface area contributed by atoms with Crippen LogP contribution in [0, 0.1) is 5.92 Å². The van der Waals surface area contributed by atoms with Crippen LogP contribution >= 0.6 is 0 Å². The number of nitrogens with zero attached hydrogens (tertiary/aromatic N) is 2. The van der Waals surface area contributed by atoms with E-state index in [1.54, 1.807) is 12.3 Å². The van der Waals surface area contributed by atoms with Crippen LogP contribution in [0.15, 0.2) is 23.0 Å². The first-order chi connectivity index (χ1) is 9.83. The highest BCUT2D eigenvalue weighted by Crippen LogP contribution is 2.16. The first-order valence-electron chi connectivity index (χ1n) is 7.44. The van der Waals surface area contributed by atoms with E-state index in [4.69, 9.17) is 9.15 Å². The van der Waals surface area contributed by atoms with E-state index < -0.39 is 0 Å². The van der Waals surface area contributed by atoms with Crippen molar-refractivity contribution in [2.75, 3.05) is 45.9 Å². The molecule has 0 radical (unpaired) electrons. The van der Waals surface area contributed by atoms with E-state index in [-0.39, 0.29) is 5.91 Å². The molecular formula is C15H22N2O3. The summed E-state index contributed by atoms with van der Waals surface area (Å²) >= 11 is 0. The topological polar surface area (TPSA) is 45.9 Å². The molecule has 0 saturated carbocycles. The second-order valence-corrected chi connectivity index (χ2v) is 5.69. The van der Waals surface area contributed by atoms with Gasteiger partial charge in [0.1, 0.15) is 6.26 Å². The van der Waals surface area contributed by atoms with Crippen molar-refractivity contribution in [2.45, 2.75) is 12.8 Å². The number of furan rings is 1. The predicted molar refractivity (Wildman–Crippen MR) is 74.6 cm³/mol. The lowest BCUT2D eigenvalue weighted by Gasteiger charge is -2.23. The molecule has 0 spiro atoms. The molecule has 0 unspecified atom stereocenters. The molecule has 110 valence electrons. The largest absolute Gasteiger partial charge is 0.472 e. The van der Waals surface area contributed by atoms with Gasteiger partial charge in [-0.25, -0.2) is 0 Å². The number of carbonyl (C=O) groups excluding carboxylic acids is 1. The molecule has 1 amide bonds. The summed E-state index contributed by atoms with van der Waals surface area (Å²) < 4.78 is 10.4. The van der Waals surface area contributed by atoms with Crippen LogP contribution in [0.1, 0.15) is 23.2 Å². The van der Waals surface area contributed by atoms with E-state index in [1.807, 2.05) is 4.90 Å². The van der Waals surface area contributed by atoms with Crippen LogP contribution in [0.25, 0.3) is 0 Å². The molecule has 1 aromatic heterocycles. The second kappa shape index (κ2) is 6.41. The Kier molecular flexibility index (Phi) is 4.38. The molecular weight excluding hydrogens is 256 g/mol. The zero-order chi connectivity index (χ0) is 13.8. The normalized spacial score (nSPS) is 24.8. The molecule has 0 N–H and O–H groups in total. The van der Waals surface area contributed by atoms with Gasteiger partial charge in [-0.3, -0.25) is 4.79 Å². The van der Waals surface area contributed by atoms with Crippen molar-refractivity contribution in [1.29, 1.82) is 0 Å². The Morgan fingerprint density at radius 3 is 3.00 bits per heavy atom. The van der Waals surface area contributed by atoms with Crippen molar-refractivity contribution in [3.63, 3.8) is 0 Å². The van der Waals surface area contributed by atoms with Crippen LogP contribution in [0.5, 0.6) is 0 Å². The average molecular weight is 278 g/mol. The van der Waals surface area contributed by atoms with Crippen LogP contribution < -0.4 is 0 Å². The lowest BCUT2D eigenvalue weighted by molar-refractivity contribution is 0.0759. The van der Waals surface area contributed by atoms with E-state index >= 15 is 0 Å². The summed E-state index contributed by atoms with van der Waals surface area (Å²) in [6, 6.07) is 1.74. The van der Waals surface area contributed by atoms with Crippen molar-refractivity contribution in [3.8, 4) is 0 Å². The third kappa shape index (κ3) is 3.22. The van der Waals surface area contributed by atoms with Crippen molar-refractivity contribution >= 4 is 5.91 Å². The molecule has 3 rings (SSSR count). The maximum absolute atomic E-state index is 12.3. The van der Waals surface area contributed by atoms with E-state index in [0.717, 1.165) is 52.4 Å². The van der Waals surface area contributed by atoms with Gasteiger partial charge in [-0.15, -0.1) is 0 Å². The molecule has 1 aromatic rings. The van der Waals surface area contributed by atoms with Crippen molar-refractivity contribution < 1.29 is 13.9 Å². The van der Waals surface area contributed by atoms with Gasteiger partial charge in [-0.2, -0.15) is 0 Å². The minimum Gasteiger partial charge on any atom is -0.472 e. The highest BCUT2D eigenvalue weighted by molar-refractivity contribution is 5.93. The maximum Gasteiger partial charge on any atom is 0.257 e. The standard InChI is InChI=1S/C15H22N2O3/c18-15(14-3-9-20-12-14)17-5-1-4-16(6-7-17)10-13-2-8-19-11-13/h3,9,12-13H,1-2,4-8,10-11H2/t13-/m0/s1. The molecule has 2 aliphatic heterocycles. The number of hydrogen-bond acceptors (Lipinski definition) is 4. The summed E-state index contributed by atoms with van der Waals surface area (Å²) in [5.74, 6) is 0.760. The van der Waals surface area contributed by atoms with Gasteiger partial charge in [0, 0.05) is 32.8 Å². The smallest absolute Gasteiger partial charge is 0.257 e. The highest BCUT2D eigenvalue weighted by atomic mass is 16.5. The van der Waals surface area contributed by atoms with Gasteiger partial charge < -0.3 is 19.0 Å². The molecule has 0 aliphatic carbocycles. The number of carbonyl (C=O) groups is 1. The first-order valence-corrected chi connectivity index (χ1v) is 7.44. The zero-order valence-electron chi connectivity index (χ0n) is 11.8. The number of rotatable bonds is 3. The Morgan fingerprint density at radius 2 is 2.25 bits per heavy atom. The number of hydrogen-bond donors (Lipinski definition) is 0. The fourth-order valence-corrected chi connectivity index (χ4v) is 3.02. The molecule has 0 bridgehead atoms. The Labute approximate surface area is 119 Å². The molecule has 2 aliphatic rings. The SMILES string of the molecule is O=C(c1ccoc1)N1CCCN(C[C@@H]2CCOC2)CC1. The lowest BCUT2D eigenvalue weighted by atomic mass is 10.1. The summed E-state index contributed by atoms with van der Waals surface area (Å²) in [4.78, 5) is 16.7. The van der Waals surface area contributed by atoms with Gasteiger partial charge >= 0.3 is 0 Å². The Bertz CT molecular complexity index is 426. The van der Waals surface area contributed by atoms with E-state index in [1.165, 1.54) is 12.7 Å². The molecule has 3 heterocycles. The molecule has 1 atom stereocenters. The van der Waals surface area contributed by atoms with Gasteiger partial charge in [0.25, 0.3) is 5.91 Å². The van der Waals surface area contributed by atoms with Crippen LogP contribution in [0.3, 0.4) is 0 Å². The average Bonchev–Trinajstić information content (AvgIpc) is 3.10. The Balaban J connectivity index is 1.52. The number of ether oxygens (including phenoxy) is 1. The summed E-state index contributed by atoms with van der Waals surface area (Å²) in [5.41, 5.74) is 0.655. The molecule has 2 saturated heterocycles. The fourth-order valence-electron chi connectivity index (χ4n) is 3.02. The fraction of sp³-hybridized carbons (Fsp3) is 0.667. The van der Waals surface area contributed by atoms with Crippen LogP contribution in [-0.4, -0.2) is 61.6 Å². The van der Waals surface area contributed by atoms with E-state index in [9.17, 15) is 4.79 Å². The first kappa shape index (κ1) is 13.6. The Hall–Kier alpha value is -1.33. The Morgan fingerprint density at radius 1 is 1.30 bits per heavy atom. The van der Waals surface area contributed by atoms with Gasteiger partial charge in [-0.1, -0.05) is 0 Å². The van der Waals surface area contributed by atoms with Gasteiger partial charge in [0.2, 0.25) is 0 Å². The third-order valence-electron chi connectivity index (χ3n) is 4.18. The summed E-state index contributed by atoms with van der Waals surface area (Å²) in [6.07, 6.45) is 5.30. The van der Waals surface area contributed by atoms with Gasteiger partial charge in [0.15, 0.2) is 0 Å². The summed E-state index contributed by atoms with van der Waals surface area (Å²) in [6.45, 7) is 6.58. The number of amides is 1. The third-order valence-corrected chi connectivity index (χ3v) is 4.18. The summed E-state index contributed by atoms with van der Waals surface area (Å²) in [5, 5.41) is 0.